The van der Waals surface area contributed by atoms with Gasteiger partial charge in [0, 0.05) is 13.1 Å². The van der Waals surface area contributed by atoms with E-state index >= 15 is 0 Å². The number of morpholine rings is 1. The van der Waals surface area contributed by atoms with Crippen molar-refractivity contribution < 1.29 is 14.3 Å². The number of nitrogens with one attached hydrogen (secondary N) is 1. The number of ether oxygens (including phenoxy) is 1. The molecule has 0 aliphatic carbocycles. The molecule has 3 atom stereocenters. The fourth-order valence-electron chi connectivity index (χ4n) is 2.69. The maximum absolute atomic E-state index is 12.8. The van der Waals surface area contributed by atoms with Crippen molar-refractivity contribution in [3.63, 3.8) is 0 Å². The van der Waals surface area contributed by atoms with Crippen LogP contribution in [0.1, 0.15) is 37.4 Å². The van der Waals surface area contributed by atoms with Crippen molar-refractivity contribution in [1.82, 2.24) is 10.2 Å². The third-order valence-corrected chi connectivity index (χ3v) is 4.56. The smallest absolute Gasteiger partial charge is 0.262 e. The van der Waals surface area contributed by atoms with Crippen molar-refractivity contribution in [2.45, 2.75) is 45.9 Å². The average Bonchev–Trinajstić information content (AvgIpc) is 2.96. The van der Waals surface area contributed by atoms with Crippen LogP contribution in [0.15, 0.2) is 17.5 Å². The first-order chi connectivity index (χ1) is 10.4. The molecule has 1 aromatic heterocycles. The zero-order chi connectivity index (χ0) is 16.3. The second-order valence-corrected chi connectivity index (χ2v) is 7.12. The van der Waals surface area contributed by atoms with Crippen LogP contribution in [0.25, 0.3) is 0 Å². The number of carbonyl (C=O) groups excluding carboxylic acids is 2. The number of carbonyl (C=O) groups is 2. The molecular weight excluding hydrogens is 300 g/mol. The van der Waals surface area contributed by atoms with Gasteiger partial charge in [0.05, 0.1) is 17.1 Å². The van der Waals surface area contributed by atoms with Crippen LogP contribution >= 0.6 is 11.3 Å². The molecule has 1 aliphatic rings. The molecule has 2 amide bonds. The molecule has 5 nitrogen and oxygen atoms in total. The molecule has 1 aliphatic heterocycles. The topological polar surface area (TPSA) is 58.6 Å². The van der Waals surface area contributed by atoms with Crippen molar-refractivity contribution in [3.05, 3.63) is 22.4 Å². The third-order valence-electron chi connectivity index (χ3n) is 3.70. The summed E-state index contributed by atoms with van der Waals surface area (Å²) >= 11 is 1.38. The zero-order valence-electron chi connectivity index (χ0n) is 13.5. The lowest BCUT2D eigenvalue weighted by Crippen LogP contribution is -2.56. The Kier molecular flexibility index (Phi) is 5.58. The molecule has 6 heteroatoms. The molecule has 0 radical (unpaired) electrons. The summed E-state index contributed by atoms with van der Waals surface area (Å²) in [4.78, 5) is 27.5. The standard InChI is InChI=1S/C16H24N2O3S/c1-10(2)14(17-15(19)13-6-5-7-22-13)16(20)18-8-11(3)21-12(4)9-18/h5-7,10-12,14H,8-9H2,1-4H3,(H,17,19)/t11-,12-,14+/m1/s1. The molecule has 122 valence electrons. The SMILES string of the molecule is CC(C)[C@H](NC(=O)c1cccs1)C(=O)N1C[C@@H](C)O[C@H](C)C1. The molecule has 1 aromatic rings. The van der Waals surface area contributed by atoms with Gasteiger partial charge in [0.15, 0.2) is 0 Å². The number of amides is 2. The summed E-state index contributed by atoms with van der Waals surface area (Å²) < 4.78 is 5.67. The fourth-order valence-corrected chi connectivity index (χ4v) is 3.32. The molecule has 1 saturated heterocycles. The Morgan fingerprint density at radius 3 is 2.45 bits per heavy atom. The van der Waals surface area contributed by atoms with Gasteiger partial charge in [-0.2, -0.15) is 0 Å². The largest absolute Gasteiger partial charge is 0.372 e. The van der Waals surface area contributed by atoms with E-state index in [1.54, 1.807) is 11.0 Å². The highest BCUT2D eigenvalue weighted by Gasteiger charge is 2.33. The number of rotatable bonds is 4. The second-order valence-electron chi connectivity index (χ2n) is 6.17. The monoisotopic (exact) mass is 324 g/mol. The van der Waals surface area contributed by atoms with E-state index < -0.39 is 6.04 Å². The van der Waals surface area contributed by atoms with Crippen LogP contribution < -0.4 is 5.32 Å². The van der Waals surface area contributed by atoms with E-state index in [1.165, 1.54) is 11.3 Å². The summed E-state index contributed by atoms with van der Waals surface area (Å²) in [6, 6.07) is 3.09. The summed E-state index contributed by atoms with van der Waals surface area (Å²) in [5.41, 5.74) is 0. The molecule has 0 bridgehead atoms. The van der Waals surface area contributed by atoms with Crippen LogP contribution in [0.2, 0.25) is 0 Å². The van der Waals surface area contributed by atoms with Crippen LogP contribution in [0.3, 0.4) is 0 Å². The van der Waals surface area contributed by atoms with Gasteiger partial charge in [-0.05, 0) is 31.2 Å². The van der Waals surface area contributed by atoms with Crippen molar-refractivity contribution in [3.8, 4) is 0 Å². The van der Waals surface area contributed by atoms with E-state index in [0.717, 1.165) is 0 Å². The van der Waals surface area contributed by atoms with Gasteiger partial charge in [0.1, 0.15) is 6.04 Å². The van der Waals surface area contributed by atoms with Gasteiger partial charge >= 0.3 is 0 Å². The van der Waals surface area contributed by atoms with E-state index in [-0.39, 0.29) is 29.9 Å². The minimum Gasteiger partial charge on any atom is -0.372 e. The molecular formula is C16H24N2O3S. The summed E-state index contributed by atoms with van der Waals surface area (Å²) in [6.07, 6.45) is 0.0435. The lowest BCUT2D eigenvalue weighted by atomic mass is 10.0. The second kappa shape index (κ2) is 7.24. The van der Waals surface area contributed by atoms with E-state index in [2.05, 4.69) is 5.32 Å². The van der Waals surface area contributed by atoms with E-state index in [1.807, 2.05) is 39.1 Å². The van der Waals surface area contributed by atoms with Crippen LogP contribution in [0.5, 0.6) is 0 Å². The summed E-state index contributed by atoms with van der Waals surface area (Å²) in [5, 5.41) is 4.74. The maximum atomic E-state index is 12.8. The molecule has 1 fully saturated rings. The first-order valence-corrected chi connectivity index (χ1v) is 8.55. The average molecular weight is 324 g/mol. The molecule has 0 aromatic carbocycles. The number of hydrogen-bond acceptors (Lipinski definition) is 4. The van der Waals surface area contributed by atoms with Crippen molar-refractivity contribution in [2.75, 3.05) is 13.1 Å². The Balaban J connectivity index is 2.07. The quantitative estimate of drug-likeness (QED) is 0.923. The summed E-state index contributed by atoms with van der Waals surface area (Å²) in [7, 11) is 0. The van der Waals surface area contributed by atoms with E-state index in [9.17, 15) is 9.59 Å². The van der Waals surface area contributed by atoms with Crippen LogP contribution in [0, 0.1) is 5.92 Å². The highest BCUT2D eigenvalue weighted by Crippen LogP contribution is 2.16. The number of thiophene rings is 1. The maximum Gasteiger partial charge on any atom is 0.262 e. The predicted octanol–water partition coefficient (Wildman–Crippen LogP) is 2.14. The molecule has 22 heavy (non-hydrogen) atoms. The van der Waals surface area contributed by atoms with Crippen molar-refractivity contribution in [1.29, 1.82) is 0 Å². The Bertz CT molecular complexity index is 505. The Hall–Kier alpha value is -1.40. The van der Waals surface area contributed by atoms with Crippen LogP contribution in [0.4, 0.5) is 0 Å². The Labute approximate surface area is 135 Å². The molecule has 1 N–H and O–H groups in total. The molecule has 0 saturated carbocycles. The Morgan fingerprint density at radius 2 is 1.95 bits per heavy atom. The normalized spacial score (nSPS) is 23.4. The van der Waals surface area contributed by atoms with Crippen LogP contribution in [-0.2, 0) is 9.53 Å². The molecule has 0 spiro atoms. The minimum atomic E-state index is -0.507. The lowest BCUT2D eigenvalue weighted by Gasteiger charge is -2.38. The highest BCUT2D eigenvalue weighted by atomic mass is 32.1. The summed E-state index contributed by atoms with van der Waals surface area (Å²) in [5.74, 6) is -0.178. The summed E-state index contributed by atoms with van der Waals surface area (Å²) in [6.45, 7) is 8.97. The lowest BCUT2D eigenvalue weighted by molar-refractivity contribution is -0.146. The van der Waals surface area contributed by atoms with Gasteiger partial charge in [0.25, 0.3) is 5.91 Å². The predicted molar refractivity (Wildman–Crippen MR) is 87.0 cm³/mol. The van der Waals surface area contributed by atoms with Crippen molar-refractivity contribution >= 4 is 23.2 Å². The molecule has 0 unspecified atom stereocenters. The van der Waals surface area contributed by atoms with Crippen LogP contribution in [-0.4, -0.2) is 48.1 Å². The fraction of sp³-hybridized carbons (Fsp3) is 0.625. The van der Waals surface area contributed by atoms with Gasteiger partial charge in [-0.15, -0.1) is 11.3 Å². The minimum absolute atomic E-state index is 0.0218. The van der Waals surface area contributed by atoms with Gasteiger partial charge in [-0.1, -0.05) is 19.9 Å². The number of hydrogen-bond donors (Lipinski definition) is 1. The first kappa shape index (κ1) is 17.0. The third kappa shape index (κ3) is 4.08. The molecule has 2 rings (SSSR count). The zero-order valence-corrected chi connectivity index (χ0v) is 14.4. The first-order valence-electron chi connectivity index (χ1n) is 7.67. The van der Waals surface area contributed by atoms with Crippen molar-refractivity contribution in [2.24, 2.45) is 5.92 Å². The van der Waals surface area contributed by atoms with Gasteiger partial charge in [0.2, 0.25) is 5.91 Å². The Morgan fingerprint density at radius 1 is 1.32 bits per heavy atom. The molecule has 2 heterocycles. The van der Waals surface area contributed by atoms with E-state index in [4.69, 9.17) is 4.74 Å². The highest BCUT2D eigenvalue weighted by molar-refractivity contribution is 7.12. The van der Waals surface area contributed by atoms with E-state index in [0.29, 0.717) is 18.0 Å². The van der Waals surface area contributed by atoms with Gasteiger partial charge in [-0.25, -0.2) is 0 Å². The number of nitrogens with zero attached hydrogens (tertiary/aromatic N) is 1. The van der Waals surface area contributed by atoms with Gasteiger partial charge in [-0.3, -0.25) is 9.59 Å². The van der Waals surface area contributed by atoms with Gasteiger partial charge < -0.3 is 15.0 Å².